The monoisotopic (exact) mass is 392 g/mol. The minimum Gasteiger partial charge on any atom is -0.467 e. The topological polar surface area (TPSA) is 80.4 Å². The van der Waals surface area contributed by atoms with E-state index in [0.29, 0.717) is 24.5 Å². The van der Waals surface area contributed by atoms with Crippen molar-refractivity contribution in [2.24, 2.45) is 5.92 Å². The van der Waals surface area contributed by atoms with Gasteiger partial charge in [-0.05, 0) is 45.0 Å². The van der Waals surface area contributed by atoms with Crippen LogP contribution in [0.5, 0.6) is 0 Å². The van der Waals surface area contributed by atoms with Crippen molar-refractivity contribution in [1.82, 2.24) is 14.7 Å². The van der Waals surface area contributed by atoms with Gasteiger partial charge in [-0.15, -0.1) is 0 Å². The van der Waals surface area contributed by atoms with Crippen LogP contribution in [0.15, 0.2) is 47.1 Å². The summed E-state index contributed by atoms with van der Waals surface area (Å²) in [5.41, 5.74) is 4.42. The van der Waals surface area contributed by atoms with E-state index in [2.05, 4.69) is 10.4 Å². The highest BCUT2D eigenvalue weighted by Gasteiger charge is 2.35. The van der Waals surface area contributed by atoms with Gasteiger partial charge in [-0.3, -0.25) is 9.59 Å². The first-order valence-electron chi connectivity index (χ1n) is 9.66. The van der Waals surface area contributed by atoms with Gasteiger partial charge < -0.3 is 14.6 Å². The molecule has 0 bridgehead atoms. The molecule has 1 fully saturated rings. The molecule has 0 spiro atoms. The first-order valence-corrected chi connectivity index (χ1v) is 9.66. The average molecular weight is 392 g/mol. The third-order valence-corrected chi connectivity index (χ3v) is 5.33. The van der Waals surface area contributed by atoms with Crippen molar-refractivity contribution in [2.75, 3.05) is 11.9 Å². The fourth-order valence-corrected chi connectivity index (χ4v) is 3.68. The third-order valence-electron chi connectivity index (χ3n) is 5.33. The summed E-state index contributed by atoms with van der Waals surface area (Å²) in [6.07, 6.45) is 1.79. The number of anilines is 1. The smallest absolute Gasteiger partial charge is 0.229 e. The Balaban J connectivity index is 1.47. The van der Waals surface area contributed by atoms with Crippen molar-refractivity contribution in [3.63, 3.8) is 0 Å². The van der Waals surface area contributed by atoms with E-state index in [1.807, 2.05) is 55.8 Å². The van der Waals surface area contributed by atoms with Crippen molar-refractivity contribution in [3.05, 3.63) is 65.4 Å². The Morgan fingerprint density at radius 2 is 1.97 bits per heavy atom. The highest BCUT2D eigenvalue weighted by atomic mass is 16.3. The van der Waals surface area contributed by atoms with Crippen LogP contribution in [0.2, 0.25) is 0 Å². The molecule has 2 aromatic heterocycles. The summed E-state index contributed by atoms with van der Waals surface area (Å²) in [5.74, 6) is 0.129. The largest absolute Gasteiger partial charge is 0.467 e. The third kappa shape index (κ3) is 3.81. The summed E-state index contributed by atoms with van der Waals surface area (Å²) in [4.78, 5) is 26.8. The number of furan rings is 1. The number of benzene rings is 1. The molecule has 2 amide bonds. The molecule has 4 rings (SSSR count). The Morgan fingerprint density at radius 3 is 2.66 bits per heavy atom. The lowest BCUT2D eigenvalue weighted by atomic mass is 10.1. The Hall–Kier alpha value is -3.35. The molecule has 3 heterocycles. The Morgan fingerprint density at radius 1 is 1.21 bits per heavy atom. The summed E-state index contributed by atoms with van der Waals surface area (Å²) in [5, 5.41) is 7.58. The number of aryl methyl sites for hydroxylation is 2. The van der Waals surface area contributed by atoms with E-state index in [9.17, 15) is 9.59 Å². The zero-order valence-corrected chi connectivity index (χ0v) is 16.8. The number of rotatable bonds is 5. The van der Waals surface area contributed by atoms with Crippen LogP contribution in [-0.4, -0.2) is 33.0 Å². The fourth-order valence-electron chi connectivity index (χ4n) is 3.68. The zero-order valence-electron chi connectivity index (χ0n) is 16.8. The van der Waals surface area contributed by atoms with Crippen LogP contribution in [0.1, 0.15) is 29.1 Å². The molecule has 7 heteroatoms. The van der Waals surface area contributed by atoms with E-state index < -0.39 is 0 Å². The van der Waals surface area contributed by atoms with Gasteiger partial charge in [0.2, 0.25) is 11.8 Å². The summed E-state index contributed by atoms with van der Waals surface area (Å²) in [6, 6.07) is 11.7. The van der Waals surface area contributed by atoms with E-state index >= 15 is 0 Å². The highest BCUT2D eigenvalue weighted by Crippen LogP contribution is 2.26. The summed E-state index contributed by atoms with van der Waals surface area (Å²) >= 11 is 0. The van der Waals surface area contributed by atoms with Crippen molar-refractivity contribution < 1.29 is 14.0 Å². The first kappa shape index (κ1) is 19.0. The standard InChI is InChI=1S/C22H24N4O3/c1-14-6-8-18(9-7-14)26-16(3)21(15(2)24-26)23-22(28)17-11-20(27)25(12-17)13-19-5-4-10-29-19/h4-10,17H,11-13H2,1-3H3,(H,23,28)/t17-/m1/s1. The SMILES string of the molecule is Cc1ccc(-n2nc(C)c(NC(=O)[C@@H]3CC(=O)N(Cc4ccco4)C3)c2C)cc1. The lowest BCUT2D eigenvalue weighted by molar-refractivity contribution is -0.128. The van der Waals surface area contributed by atoms with Crippen LogP contribution in [0.4, 0.5) is 5.69 Å². The van der Waals surface area contributed by atoms with E-state index in [1.165, 1.54) is 5.56 Å². The van der Waals surface area contributed by atoms with Gasteiger partial charge >= 0.3 is 0 Å². The van der Waals surface area contributed by atoms with E-state index in [-0.39, 0.29) is 24.2 Å². The minimum atomic E-state index is -0.390. The maximum Gasteiger partial charge on any atom is 0.229 e. The number of likely N-dealkylation sites (tertiary alicyclic amines) is 1. The van der Waals surface area contributed by atoms with Crippen LogP contribution in [0.25, 0.3) is 5.69 Å². The van der Waals surface area contributed by atoms with Crippen molar-refractivity contribution >= 4 is 17.5 Å². The van der Waals surface area contributed by atoms with Gasteiger partial charge in [-0.25, -0.2) is 4.68 Å². The second kappa shape index (κ2) is 7.58. The molecule has 1 aliphatic rings. The molecule has 3 aromatic rings. The van der Waals surface area contributed by atoms with Gasteiger partial charge in [0.15, 0.2) is 0 Å². The number of carbonyl (C=O) groups excluding carboxylic acids is 2. The lowest BCUT2D eigenvalue weighted by Gasteiger charge is -2.15. The number of carbonyl (C=O) groups is 2. The fraction of sp³-hybridized carbons (Fsp3) is 0.318. The van der Waals surface area contributed by atoms with E-state index in [4.69, 9.17) is 4.42 Å². The Bertz CT molecular complexity index is 1030. The molecule has 1 saturated heterocycles. The average Bonchev–Trinajstić information content (AvgIpc) is 3.40. The molecule has 1 atom stereocenters. The van der Waals surface area contributed by atoms with Gasteiger partial charge in [0.1, 0.15) is 5.76 Å². The molecule has 29 heavy (non-hydrogen) atoms. The van der Waals surface area contributed by atoms with Gasteiger partial charge in [-0.2, -0.15) is 5.10 Å². The quantitative estimate of drug-likeness (QED) is 0.722. The second-order valence-corrected chi connectivity index (χ2v) is 7.54. The van der Waals surface area contributed by atoms with Crippen molar-refractivity contribution in [3.8, 4) is 5.69 Å². The Kier molecular flexibility index (Phi) is 4.96. The van der Waals surface area contributed by atoms with Crippen LogP contribution < -0.4 is 5.32 Å². The van der Waals surface area contributed by atoms with E-state index in [1.54, 1.807) is 17.2 Å². The molecule has 1 N–H and O–H groups in total. The van der Waals surface area contributed by atoms with Crippen LogP contribution >= 0.6 is 0 Å². The van der Waals surface area contributed by atoms with Gasteiger partial charge in [-0.1, -0.05) is 17.7 Å². The van der Waals surface area contributed by atoms with Crippen molar-refractivity contribution in [2.45, 2.75) is 33.7 Å². The molecule has 7 nitrogen and oxygen atoms in total. The van der Waals surface area contributed by atoms with Crippen LogP contribution in [0, 0.1) is 26.7 Å². The zero-order chi connectivity index (χ0) is 20.5. The maximum absolute atomic E-state index is 12.9. The molecule has 150 valence electrons. The van der Waals surface area contributed by atoms with Crippen LogP contribution in [-0.2, 0) is 16.1 Å². The minimum absolute atomic E-state index is 0.0367. The number of hydrogen-bond acceptors (Lipinski definition) is 4. The van der Waals surface area contributed by atoms with Gasteiger partial charge in [0.25, 0.3) is 0 Å². The lowest BCUT2D eigenvalue weighted by Crippen LogP contribution is -2.28. The Labute approximate surface area is 169 Å². The molecule has 0 aliphatic carbocycles. The van der Waals surface area contributed by atoms with Crippen LogP contribution in [0.3, 0.4) is 0 Å². The summed E-state index contributed by atoms with van der Waals surface area (Å²) in [6.45, 7) is 6.61. The first-order chi connectivity index (χ1) is 13.9. The molecular weight excluding hydrogens is 368 g/mol. The number of amides is 2. The van der Waals surface area contributed by atoms with E-state index in [0.717, 1.165) is 17.1 Å². The number of nitrogens with one attached hydrogen (secondary N) is 1. The predicted octanol–water partition coefficient (Wildman–Crippen LogP) is 3.38. The van der Waals surface area contributed by atoms with Crippen molar-refractivity contribution in [1.29, 1.82) is 0 Å². The molecule has 0 radical (unpaired) electrons. The molecule has 0 saturated carbocycles. The second-order valence-electron chi connectivity index (χ2n) is 7.54. The number of hydrogen-bond donors (Lipinski definition) is 1. The maximum atomic E-state index is 12.9. The summed E-state index contributed by atoms with van der Waals surface area (Å²) in [7, 11) is 0. The molecule has 0 unspecified atom stereocenters. The summed E-state index contributed by atoms with van der Waals surface area (Å²) < 4.78 is 7.14. The molecule has 1 aromatic carbocycles. The van der Waals surface area contributed by atoms with Gasteiger partial charge in [0, 0.05) is 13.0 Å². The highest BCUT2D eigenvalue weighted by molar-refractivity contribution is 5.98. The number of aromatic nitrogens is 2. The normalized spacial score (nSPS) is 16.4. The predicted molar refractivity (Wildman–Crippen MR) is 109 cm³/mol. The van der Waals surface area contributed by atoms with Gasteiger partial charge in [0.05, 0.1) is 41.5 Å². The molecule has 1 aliphatic heterocycles. The number of nitrogens with zero attached hydrogens (tertiary/aromatic N) is 3. The molecular formula is C22H24N4O3.